The van der Waals surface area contributed by atoms with Crippen LogP contribution in [-0.4, -0.2) is 38.4 Å². The van der Waals surface area contributed by atoms with Gasteiger partial charge in [-0.2, -0.15) is 0 Å². The van der Waals surface area contributed by atoms with Crippen LogP contribution in [0, 0.1) is 0 Å². The van der Waals surface area contributed by atoms with E-state index in [1.54, 1.807) is 48.5 Å². The first-order chi connectivity index (χ1) is 12.9. The summed E-state index contributed by atoms with van der Waals surface area (Å²) in [5.74, 6) is -1.39. The predicted molar refractivity (Wildman–Crippen MR) is 106 cm³/mol. The van der Waals surface area contributed by atoms with Gasteiger partial charge in [0.15, 0.2) is 17.5 Å². The van der Waals surface area contributed by atoms with Crippen molar-refractivity contribution in [2.24, 2.45) is 0 Å². The number of thioether (sulfide) groups is 1. The lowest BCUT2D eigenvalue weighted by atomic mass is 10.1. The molecule has 1 amide bonds. The van der Waals surface area contributed by atoms with Crippen LogP contribution in [0.25, 0.3) is 6.08 Å². The number of carbonyl (C=O) groups excluding carboxylic acids is 1. The number of phenols is 1. The maximum Gasteiger partial charge on any atom is 0.331 e. The second-order valence-corrected chi connectivity index (χ2v) is 7.31. The smallest absolute Gasteiger partial charge is 0.331 e. The monoisotopic (exact) mass is 401 g/mol. The Balaban J connectivity index is 1.96. The number of amides is 1. The van der Waals surface area contributed by atoms with Crippen LogP contribution in [0.4, 0.5) is 0 Å². The zero-order valence-electron chi connectivity index (χ0n) is 14.2. The van der Waals surface area contributed by atoms with Crippen LogP contribution in [0.15, 0.2) is 53.4 Å². The summed E-state index contributed by atoms with van der Waals surface area (Å²) < 4.78 is 5.24. The summed E-state index contributed by atoms with van der Waals surface area (Å²) in [5.41, 5.74) is 1.09. The number of thiocarbonyl (C=S) groups is 1. The maximum absolute atomic E-state index is 12.9. The summed E-state index contributed by atoms with van der Waals surface area (Å²) >= 11 is 6.31. The lowest BCUT2D eigenvalue weighted by molar-refractivity contribution is -0.145. The van der Waals surface area contributed by atoms with Crippen molar-refractivity contribution >= 4 is 46.3 Å². The molecule has 2 aromatic carbocycles. The molecular formula is C19H15NO5S2. The summed E-state index contributed by atoms with van der Waals surface area (Å²) in [5, 5.41) is 19.4. The van der Waals surface area contributed by atoms with Crippen LogP contribution in [0.2, 0.25) is 0 Å². The van der Waals surface area contributed by atoms with Crippen LogP contribution < -0.4 is 4.74 Å². The van der Waals surface area contributed by atoms with Crippen molar-refractivity contribution in [3.8, 4) is 11.5 Å². The zero-order chi connectivity index (χ0) is 19.6. The first-order valence-electron chi connectivity index (χ1n) is 7.84. The molecule has 27 heavy (non-hydrogen) atoms. The van der Waals surface area contributed by atoms with Gasteiger partial charge in [0.05, 0.1) is 12.0 Å². The van der Waals surface area contributed by atoms with Crippen molar-refractivity contribution in [2.45, 2.75) is 6.04 Å². The second-order valence-electron chi connectivity index (χ2n) is 5.63. The first kappa shape index (κ1) is 18.9. The number of hydrogen-bond acceptors (Lipinski definition) is 6. The van der Waals surface area contributed by atoms with Gasteiger partial charge in [-0.1, -0.05) is 60.4 Å². The van der Waals surface area contributed by atoms with Gasteiger partial charge in [-0.25, -0.2) is 4.79 Å². The van der Waals surface area contributed by atoms with Gasteiger partial charge < -0.3 is 14.9 Å². The Kier molecular flexibility index (Phi) is 5.48. The molecule has 0 aromatic heterocycles. The number of hydrogen-bond donors (Lipinski definition) is 2. The molecule has 2 N–H and O–H groups in total. The maximum atomic E-state index is 12.9. The minimum atomic E-state index is -1.20. The molecule has 0 radical (unpaired) electrons. The van der Waals surface area contributed by atoms with E-state index < -0.39 is 17.9 Å². The van der Waals surface area contributed by atoms with Crippen molar-refractivity contribution in [2.75, 3.05) is 7.11 Å². The van der Waals surface area contributed by atoms with Gasteiger partial charge in [0.25, 0.3) is 5.91 Å². The van der Waals surface area contributed by atoms with Crippen LogP contribution >= 0.6 is 24.0 Å². The molecule has 1 aliphatic rings. The number of carboxylic acids is 1. The minimum Gasteiger partial charge on any atom is -0.504 e. The highest BCUT2D eigenvalue weighted by Gasteiger charge is 2.41. The van der Waals surface area contributed by atoms with Crippen molar-refractivity contribution in [1.82, 2.24) is 4.90 Å². The third-order valence-electron chi connectivity index (χ3n) is 3.93. The summed E-state index contributed by atoms with van der Waals surface area (Å²) in [6.07, 6.45) is 1.59. The molecule has 1 heterocycles. The fraction of sp³-hybridized carbons (Fsp3) is 0.105. The molecule has 0 bridgehead atoms. The van der Waals surface area contributed by atoms with E-state index in [1.807, 2.05) is 0 Å². The van der Waals surface area contributed by atoms with Crippen molar-refractivity contribution in [1.29, 1.82) is 0 Å². The number of phenolic OH excluding ortho intramolecular Hbond substituents is 1. The number of carboxylic acid groups (broad SMARTS) is 1. The van der Waals surface area contributed by atoms with Crippen molar-refractivity contribution in [3.05, 3.63) is 64.6 Å². The number of aliphatic carboxylic acids is 1. The summed E-state index contributed by atoms with van der Waals surface area (Å²) in [6.45, 7) is 0. The van der Waals surface area contributed by atoms with E-state index in [2.05, 4.69) is 0 Å². The third-order valence-corrected chi connectivity index (χ3v) is 5.26. The molecule has 1 unspecified atom stereocenters. The number of methoxy groups -OCH3 is 1. The minimum absolute atomic E-state index is 0.0165. The van der Waals surface area contributed by atoms with Gasteiger partial charge >= 0.3 is 5.97 Å². The van der Waals surface area contributed by atoms with Crippen LogP contribution in [0.5, 0.6) is 11.5 Å². The van der Waals surface area contributed by atoms with E-state index in [-0.39, 0.29) is 15.8 Å². The van der Waals surface area contributed by atoms with Crippen LogP contribution in [0.3, 0.4) is 0 Å². The molecule has 1 fully saturated rings. The molecule has 8 heteroatoms. The van der Waals surface area contributed by atoms with Gasteiger partial charge in [-0.05, 0) is 29.3 Å². The molecule has 1 saturated heterocycles. The lowest BCUT2D eigenvalue weighted by Gasteiger charge is -2.23. The average molecular weight is 401 g/mol. The number of nitrogens with zero attached hydrogens (tertiary/aromatic N) is 1. The lowest BCUT2D eigenvalue weighted by Crippen LogP contribution is -2.37. The Morgan fingerprint density at radius 3 is 2.59 bits per heavy atom. The molecule has 1 aliphatic heterocycles. The summed E-state index contributed by atoms with van der Waals surface area (Å²) in [6, 6.07) is 11.9. The van der Waals surface area contributed by atoms with Gasteiger partial charge in [0, 0.05) is 0 Å². The van der Waals surface area contributed by atoms with E-state index in [4.69, 9.17) is 17.0 Å². The molecule has 138 valence electrons. The van der Waals surface area contributed by atoms with Crippen LogP contribution in [-0.2, 0) is 9.59 Å². The Morgan fingerprint density at radius 2 is 1.96 bits per heavy atom. The first-order valence-corrected chi connectivity index (χ1v) is 9.06. The van der Waals surface area contributed by atoms with Crippen molar-refractivity contribution < 1.29 is 24.5 Å². The second kappa shape index (κ2) is 7.81. The summed E-state index contributed by atoms with van der Waals surface area (Å²) in [4.78, 5) is 26.1. The Hall–Kier alpha value is -2.84. The molecule has 0 saturated carbocycles. The third kappa shape index (κ3) is 3.81. The molecule has 2 aromatic rings. The van der Waals surface area contributed by atoms with E-state index in [9.17, 15) is 19.8 Å². The SMILES string of the molecule is COc1cc(/C=C2/SC(=S)N(C(C(=O)O)c3ccccc3)C2=O)ccc1O. The van der Waals surface area contributed by atoms with Crippen molar-refractivity contribution in [3.63, 3.8) is 0 Å². The number of rotatable bonds is 5. The van der Waals surface area contributed by atoms with E-state index in [1.165, 1.54) is 13.2 Å². The van der Waals surface area contributed by atoms with Gasteiger partial charge in [0.2, 0.25) is 0 Å². The highest BCUT2D eigenvalue weighted by Crippen LogP contribution is 2.39. The molecule has 6 nitrogen and oxygen atoms in total. The van der Waals surface area contributed by atoms with E-state index in [0.29, 0.717) is 16.0 Å². The standard InChI is InChI=1S/C19H15NO5S2/c1-25-14-9-11(7-8-13(14)21)10-15-17(22)20(19(26)27-15)16(18(23)24)12-5-3-2-4-6-12/h2-10,16,21H,1H3,(H,23,24)/b15-10+. The van der Waals surface area contributed by atoms with Gasteiger partial charge in [-0.15, -0.1) is 0 Å². The molecule has 0 aliphatic carbocycles. The normalized spacial score (nSPS) is 16.6. The fourth-order valence-corrected chi connectivity index (χ4v) is 3.99. The largest absolute Gasteiger partial charge is 0.504 e. The van der Waals surface area contributed by atoms with E-state index in [0.717, 1.165) is 16.7 Å². The molecule has 3 rings (SSSR count). The van der Waals surface area contributed by atoms with E-state index >= 15 is 0 Å². The van der Waals surface area contributed by atoms with Gasteiger partial charge in [-0.3, -0.25) is 9.69 Å². The molecule has 0 spiro atoms. The Bertz CT molecular complexity index is 942. The number of benzene rings is 2. The number of carbonyl (C=O) groups is 2. The Morgan fingerprint density at radius 1 is 1.26 bits per heavy atom. The number of ether oxygens (including phenoxy) is 1. The highest BCUT2D eigenvalue weighted by molar-refractivity contribution is 8.26. The molecular weight excluding hydrogens is 386 g/mol. The Labute approximate surface area is 165 Å². The number of aromatic hydroxyl groups is 1. The predicted octanol–water partition coefficient (Wildman–Crippen LogP) is 3.43. The fourth-order valence-electron chi connectivity index (χ4n) is 2.68. The highest BCUT2D eigenvalue weighted by atomic mass is 32.2. The van der Waals surface area contributed by atoms with Gasteiger partial charge in [0.1, 0.15) is 4.32 Å². The average Bonchev–Trinajstić information content (AvgIpc) is 2.92. The quantitative estimate of drug-likeness (QED) is 0.586. The topological polar surface area (TPSA) is 87.1 Å². The molecule has 1 atom stereocenters. The summed E-state index contributed by atoms with van der Waals surface area (Å²) in [7, 11) is 1.43. The zero-order valence-corrected chi connectivity index (χ0v) is 15.8. The van der Waals surface area contributed by atoms with Crippen LogP contribution in [0.1, 0.15) is 17.2 Å².